The van der Waals surface area contributed by atoms with Crippen LogP contribution in [0.4, 0.5) is 13.2 Å². The lowest BCUT2D eigenvalue weighted by atomic mass is 9.92. The van der Waals surface area contributed by atoms with Crippen molar-refractivity contribution in [3.63, 3.8) is 0 Å². The van der Waals surface area contributed by atoms with Crippen LogP contribution in [0.25, 0.3) is 0 Å². The van der Waals surface area contributed by atoms with Crippen LogP contribution in [0.2, 0.25) is 0 Å². The Morgan fingerprint density at radius 2 is 2.00 bits per heavy atom. The quantitative estimate of drug-likeness (QED) is 0.827. The highest BCUT2D eigenvalue weighted by Gasteiger charge is 2.29. The number of piperidine rings is 1. The third-order valence-corrected chi connectivity index (χ3v) is 3.52. The molecule has 1 aliphatic heterocycles. The van der Waals surface area contributed by atoms with Gasteiger partial charge in [0.05, 0.1) is 6.54 Å². The first kappa shape index (κ1) is 14.8. The SMILES string of the molecule is CC1CCN(C(C)CNCC(F)(F)F)C(C)C1. The van der Waals surface area contributed by atoms with E-state index in [-0.39, 0.29) is 6.04 Å². The molecule has 0 radical (unpaired) electrons. The second-order valence-electron chi connectivity index (χ2n) is 5.31. The zero-order chi connectivity index (χ0) is 13.1. The van der Waals surface area contributed by atoms with E-state index in [9.17, 15) is 13.2 Å². The van der Waals surface area contributed by atoms with Crippen LogP contribution in [0.1, 0.15) is 33.6 Å². The molecular formula is C12H23F3N2. The van der Waals surface area contributed by atoms with Crippen molar-refractivity contribution in [2.45, 2.75) is 51.9 Å². The van der Waals surface area contributed by atoms with Crippen molar-refractivity contribution in [2.24, 2.45) is 5.92 Å². The number of rotatable bonds is 4. The molecule has 1 N–H and O–H groups in total. The first-order chi connectivity index (χ1) is 7.79. The van der Waals surface area contributed by atoms with E-state index >= 15 is 0 Å². The average Bonchev–Trinajstić information content (AvgIpc) is 2.15. The highest BCUT2D eigenvalue weighted by atomic mass is 19.4. The van der Waals surface area contributed by atoms with Gasteiger partial charge in [0.15, 0.2) is 0 Å². The summed E-state index contributed by atoms with van der Waals surface area (Å²) in [5.74, 6) is 0.733. The Hall–Kier alpha value is -0.290. The molecule has 1 saturated heterocycles. The Kier molecular flexibility index (Phi) is 5.25. The highest BCUT2D eigenvalue weighted by Crippen LogP contribution is 2.23. The molecule has 1 fully saturated rings. The summed E-state index contributed by atoms with van der Waals surface area (Å²) in [7, 11) is 0. The van der Waals surface area contributed by atoms with Crippen molar-refractivity contribution < 1.29 is 13.2 Å². The van der Waals surface area contributed by atoms with Gasteiger partial charge in [-0.15, -0.1) is 0 Å². The van der Waals surface area contributed by atoms with Crippen LogP contribution < -0.4 is 5.32 Å². The van der Waals surface area contributed by atoms with Crippen LogP contribution in [0.5, 0.6) is 0 Å². The Morgan fingerprint density at radius 3 is 2.53 bits per heavy atom. The molecule has 102 valence electrons. The van der Waals surface area contributed by atoms with Gasteiger partial charge >= 0.3 is 6.18 Å². The second kappa shape index (κ2) is 6.05. The number of hydrogen-bond acceptors (Lipinski definition) is 2. The van der Waals surface area contributed by atoms with Gasteiger partial charge in [0.1, 0.15) is 0 Å². The summed E-state index contributed by atoms with van der Waals surface area (Å²) in [6, 6.07) is 0.640. The number of alkyl halides is 3. The summed E-state index contributed by atoms with van der Waals surface area (Å²) in [5, 5.41) is 2.49. The zero-order valence-electron chi connectivity index (χ0n) is 10.8. The van der Waals surface area contributed by atoms with E-state index in [1.165, 1.54) is 0 Å². The fraction of sp³-hybridized carbons (Fsp3) is 1.00. The van der Waals surface area contributed by atoms with Crippen molar-refractivity contribution in [1.29, 1.82) is 0 Å². The molecule has 17 heavy (non-hydrogen) atoms. The Morgan fingerprint density at radius 1 is 1.35 bits per heavy atom. The summed E-state index contributed by atoms with van der Waals surface area (Å²) >= 11 is 0. The molecule has 0 spiro atoms. The molecule has 2 nitrogen and oxygen atoms in total. The van der Waals surface area contributed by atoms with E-state index in [1.807, 2.05) is 6.92 Å². The third kappa shape index (κ3) is 5.25. The zero-order valence-corrected chi connectivity index (χ0v) is 10.8. The minimum absolute atomic E-state index is 0.167. The number of likely N-dealkylation sites (tertiary alicyclic amines) is 1. The van der Waals surface area contributed by atoms with E-state index < -0.39 is 12.7 Å². The van der Waals surface area contributed by atoms with Crippen LogP contribution in [0, 0.1) is 5.92 Å². The minimum atomic E-state index is -4.11. The third-order valence-electron chi connectivity index (χ3n) is 3.52. The lowest BCUT2D eigenvalue weighted by Crippen LogP contribution is -2.49. The van der Waals surface area contributed by atoms with Crippen LogP contribution in [0.3, 0.4) is 0 Å². The van der Waals surface area contributed by atoms with Crippen molar-refractivity contribution in [2.75, 3.05) is 19.6 Å². The summed E-state index contributed by atoms with van der Waals surface area (Å²) < 4.78 is 36.0. The normalized spacial score (nSPS) is 29.3. The van der Waals surface area contributed by atoms with Crippen molar-refractivity contribution >= 4 is 0 Å². The second-order valence-corrected chi connectivity index (χ2v) is 5.31. The lowest BCUT2D eigenvalue weighted by Gasteiger charge is -2.40. The van der Waals surface area contributed by atoms with Gasteiger partial charge in [-0.25, -0.2) is 0 Å². The van der Waals surface area contributed by atoms with Crippen LogP contribution in [0.15, 0.2) is 0 Å². The fourth-order valence-corrected chi connectivity index (χ4v) is 2.62. The molecule has 0 bridgehead atoms. The first-order valence-electron chi connectivity index (χ1n) is 6.33. The van der Waals surface area contributed by atoms with Gasteiger partial charge in [0.2, 0.25) is 0 Å². The largest absolute Gasteiger partial charge is 0.401 e. The van der Waals surface area contributed by atoms with E-state index in [2.05, 4.69) is 24.1 Å². The number of hydrogen-bond donors (Lipinski definition) is 1. The van der Waals surface area contributed by atoms with Gasteiger partial charge in [-0.1, -0.05) is 6.92 Å². The summed E-state index contributed by atoms with van der Waals surface area (Å²) in [6.45, 7) is 6.90. The average molecular weight is 252 g/mol. The number of halogens is 3. The molecule has 3 atom stereocenters. The van der Waals surface area contributed by atoms with Gasteiger partial charge in [0, 0.05) is 18.6 Å². The molecule has 0 saturated carbocycles. The van der Waals surface area contributed by atoms with E-state index in [0.29, 0.717) is 12.6 Å². The topological polar surface area (TPSA) is 15.3 Å². The molecule has 0 aromatic carbocycles. The molecule has 1 rings (SSSR count). The number of nitrogens with one attached hydrogen (secondary N) is 1. The van der Waals surface area contributed by atoms with Crippen molar-refractivity contribution in [3.8, 4) is 0 Å². The highest BCUT2D eigenvalue weighted by molar-refractivity contribution is 4.81. The maximum absolute atomic E-state index is 12.0. The summed E-state index contributed by atoms with van der Waals surface area (Å²) in [4.78, 5) is 2.31. The Bertz CT molecular complexity index is 230. The van der Waals surface area contributed by atoms with Crippen LogP contribution in [-0.2, 0) is 0 Å². The van der Waals surface area contributed by atoms with Crippen LogP contribution in [-0.4, -0.2) is 42.8 Å². The molecule has 5 heteroatoms. The van der Waals surface area contributed by atoms with E-state index in [0.717, 1.165) is 25.3 Å². The van der Waals surface area contributed by atoms with E-state index in [4.69, 9.17) is 0 Å². The molecule has 0 amide bonds. The maximum atomic E-state index is 12.0. The van der Waals surface area contributed by atoms with Gasteiger partial charge in [-0.3, -0.25) is 4.90 Å². The lowest BCUT2D eigenvalue weighted by molar-refractivity contribution is -0.125. The van der Waals surface area contributed by atoms with Gasteiger partial charge in [-0.05, 0) is 39.2 Å². The Balaban J connectivity index is 2.30. The van der Waals surface area contributed by atoms with Crippen LogP contribution >= 0.6 is 0 Å². The predicted octanol–water partition coefficient (Wildman–Crippen LogP) is 2.65. The summed E-state index contributed by atoms with van der Waals surface area (Å²) in [6.07, 6.45) is -1.82. The fourth-order valence-electron chi connectivity index (χ4n) is 2.62. The Labute approximate surface area is 102 Å². The smallest absolute Gasteiger partial charge is 0.307 e. The molecule has 1 heterocycles. The van der Waals surface area contributed by atoms with Crippen molar-refractivity contribution in [1.82, 2.24) is 10.2 Å². The number of nitrogens with zero attached hydrogens (tertiary/aromatic N) is 1. The molecule has 1 aliphatic rings. The van der Waals surface area contributed by atoms with Crippen molar-refractivity contribution in [3.05, 3.63) is 0 Å². The molecule has 0 aromatic rings. The van der Waals surface area contributed by atoms with Gasteiger partial charge in [-0.2, -0.15) is 13.2 Å². The van der Waals surface area contributed by atoms with Gasteiger partial charge < -0.3 is 5.32 Å². The molecule has 3 unspecified atom stereocenters. The standard InChI is InChI=1S/C12H23F3N2/c1-9-4-5-17(10(2)6-9)11(3)7-16-8-12(13,14)15/h9-11,16H,4-8H2,1-3H3. The minimum Gasteiger partial charge on any atom is -0.307 e. The van der Waals surface area contributed by atoms with Gasteiger partial charge in [0.25, 0.3) is 0 Å². The first-order valence-corrected chi connectivity index (χ1v) is 6.33. The summed E-state index contributed by atoms with van der Waals surface area (Å²) in [5.41, 5.74) is 0. The maximum Gasteiger partial charge on any atom is 0.401 e. The molecule has 0 aliphatic carbocycles. The predicted molar refractivity (Wildman–Crippen MR) is 63.0 cm³/mol. The monoisotopic (exact) mass is 252 g/mol. The van der Waals surface area contributed by atoms with E-state index in [1.54, 1.807) is 0 Å². The molecule has 0 aromatic heterocycles. The molecular weight excluding hydrogens is 229 g/mol.